The SMILES string of the molecule is C[C@@H](C(=O)NC1CCCCC1)N(Cc1ccccc1)C(=O)COc1ccccc1C(C)(C)C. The van der Waals surface area contributed by atoms with Gasteiger partial charge in [0.15, 0.2) is 6.61 Å². The van der Waals surface area contributed by atoms with Crippen LogP contribution in [-0.4, -0.2) is 35.4 Å². The first kappa shape index (κ1) is 24.8. The molecule has 1 saturated carbocycles. The highest BCUT2D eigenvalue weighted by molar-refractivity contribution is 5.88. The number of hydrogen-bond donors (Lipinski definition) is 1. The predicted molar refractivity (Wildman–Crippen MR) is 132 cm³/mol. The van der Waals surface area contributed by atoms with E-state index in [-0.39, 0.29) is 29.9 Å². The summed E-state index contributed by atoms with van der Waals surface area (Å²) in [4.78, 5) is 28.0. The first-order valence-corrected chi connectivity index (χ1v) is 12.1. The van der Waals surface area contributed by atoms with Gasteiger partial charge >= 0.3 is 0 Å². The predicted octanol–water partition coefficient (Wildman–Crippen LogP) is 5.23. The molecule has 2 aromatic rings. The fourth-order valence-corrected chi connectivity index (χ4v) is 4.37. The summed E-state index contributed by atoms with van der Waals surface area (Å²) >= 11 is 0. The standard InChI is InChI=1S/C28H38N2O3/c1-21(27(32)29-23-15-9-6-10-16-23)30(19-22-13-7-5-8-14-22)26(31)20-33-25-18-12-11-17-24(25)28(2,3)4/h5,7-8,11-14,17-18,21,23H,6,9-10,15-16,19-20H2,1-4H3,(H,29,32)/t21-/m0/s1. The van der Waals surface area contributed by atoms with Crippen molar-refractivity contribution in [3.8, 4) is 5.75 Å². The van der Waals surface area contributed by atoms with Crippen molar-refractivity contribution in [3.05, 3.63) is 65.7 Å². The normalized spacial score (nSPS) is 15.5. The van der Waals surface area contributed by atoms with E-state index >= 15 is 0 Å². The monoisotopic (exact) mass is 450 g/mol. The van der Waals surface area contributed by atoms with E-state index in [2.05, 4.69) is 26.1 Å². The number of rotatable bonds is 8. The summed E-state index contributed by atoms with van der Waals surface area (Å²) in [7, 11) is 0. The van der Waals surface area contributed by atoms with E-state index in [0.717, 1.165) is 36.8 Å². The molecule has 2 amide bonds. The van der Waals surface area contributed by atoms with E-state index in [1.807, 2.05) is 61.5 Å². The maximum atomic E-state index is 13.3. The number of carbonyl (C=O) groups is 2. The molecule has 0 radical (unpaired) electrons. The Morgan fingerprint density at radius 1 is 1.00 bits per heavy atom. The Balaban J connectivity index is 1.73. The van der Waals surface area contributed by atoms with Crippen molar-refractivity contribution >= 4 is 11.8 Å². The van der Waals surface area contributed by atoms with E-state index < -0.39 is 6.04 Å². The molecule has 5 nitrogen and oxygen atoms in total. The highest BCUT2D eigenvalue weighted by Crippen LogP contribution is 2.31. The third-order valence-electron chi connectivity index (χ3n) is 6.36. The van der Waals surface area contributed by atoms with Crippen molar-refractivity contribution in [2.24, 2.45) is 0 Å². The molecule has 0 aromatic heterocycles. The van der Waals surface area contributed by atoms with Crippen LogP contribution < -0.4 is 10.1 Å². The van der Waals surface area contributed by atoms with Crippen molar-refractivity contribution in [3.63, 3.8) is 0 Å². The highest BCUT2D eigenvalue weighted by Gasteiger charge is 2.29. The van der Waals surface area contributed by atoms with E-state index in [1.165, 1.54) is 6.42 Å². The number of ether oxygens (including phenoxy) is 1. The Morgan fingerprint density at radius 2 is 1.64 bits per heavy atom. The number of carbonyl (C=O) groups excluding carboxylic acids is 2. The first-order valence-electron chi connectivity index (χ1n) is 12.1. The van der Waals surface area contributed by atoms with Crippen LogP contribution in [0.15, 0.2) is 54.6 Å². The number of hydrogen-bond acceptors (Lipinski definition) is 3. The average Bonchev–Trinajstić information content (AvgIpc) is 2.81. The number of benzene rings is 2. The lowest BCUT2D eigenvalue weighted by Crippen LogP contribution is -2.51. The summed E-state index contributed by atoms with van der Waals surface area (Å²) in [6.07, 6.45) is 5.55. The van der Waals surface area contributed by atoms with Gasteiger partial charge in [0.05, 0.1) is 0 Å². The topological polar surface area (TPSA) is 58.6 Å². The maximum absolute atomic E-state index is 13.3. The van der Waals surface area contributed by atoms with Gasteiger partial charge in [0, 0.05) is 12.6 Å². The second-order valence-corrected chi connectivity index (χ2v) is 10.1. The van der Waals surface area contributed by atoms with Crippen molar-refractivity contribution < 1.29 is 14.3 Å². The fourth-order valence-electron chi connectivity index (χ4n) is 4.37. The van der Waals surface area contributed by atoms with Crippen LogP contribution in [0.4, 0.5) is 0 Å². The third kappa shape index (κ3) is 7.08. The van der Waals surface area contributed by atoms with Crippen LogP contribution in [-0.2, 0) is 21.5 Å². The molecule has 0 spiro atoms. The zero-order valence-corrected chi connectivity index (χ0v) is 20.5. The number of nitrogens with one attached hydrogen (secondary N) is 1. The highest BCUT2D eigenvalue weighted by atomic mass is 16.5. The minimum atomic E-state index is -0.582. The second-order valence-electron chi connectivity index (χ2n) is 10.1. The lowest BCUT2D eigenvalue weighted by molar-refractivity contribution is -0.142. The van der Waals surface area contributed by atoms with Gasteiger partial charge in [0.1, 0.15) is 11.8 Å². The molecule has 5 heteroatoms. The van der Waals surface area contributed by atoms with Crippen LogP contribution in [0.5, 0.6) is 5.75 Å². The molecule has 0 aliphatic heterocycles. The Morgan fingerprint density at radius 3 is 2.30 bits per heavy atom. The Labute approximate surface area is 198 Å². The summed E-state index contributed by atoms with van der Waals surface area (Å²) in [5, 5.41) is 3.17. The van der Waals surface area contributed by atoms with Gasteiger partial charge in [-0.05, 0) is 42.4 Å². The van der Waals surface area contributed by atoms with Gasteiger partial charge in [-0.1, -0.05) is 88.6 Å². The van der Waals surface area contributed by atoms with Crippen LogP contribution in [0, 0.1) is 0 Å². The first-order chi connectivity index (χ1) is 15.8. The van der Waals surface area contributed by atoms with E-state index in [4.69, 9.17) is 4.74 Å². The number of para-hydroxylation sites is 1. The van der Waals surface area contributed by atoms with Crippen molar-refractivity contribution in [1.29, 1.82) is 0 Å². The molecule has 3 rings (SSSR count). The van der Waals surface area contributed by atoms with Gasteiger partial charge in [-0.3, -0.25) is 9.59 Å². The Bertz CT molecular complexity index is 914. The van der Waals surface area contributed by atoms with Crippen molar-refractivity contribution in [2.75, 3.05) is 6.61 Å². The summed E-state index contributed by atoms with van der Waals surface area (Å²) in [6, 6.07) is 17.2. The molecule has 1 atom stereocenters. The van der Waals surface area contributed by atoms with Gasteiger partial charge in [-0.15, -0.1) is 0 Å². The lowest BCUT2D eigenvalue weighted by Gasteiger charge is -2.31. The van der Waals surface area contributed by atoms with Crippen molar-refractivity contribution in [1.82, 2.24) is 10.2 Å². The van der Waals surface area contributed by atoms with Gasteiger partial charge in [-0.25, -0.2) is 0 Å². The molecule has 0 heterocycles. The zero-order valence-electron chi connectivity index (χ0n) is 20.5. The smallest absolute Gasteiger partial charge is 0.261 e. The van der Waals surface area contributed by atoms with E-state index in [0.29, 0.717) is 12.3 Å². The van der Waals surface area contributed by atoms with Gasteiger partial charge < -0.3 is 15.0 Å². The minimum Gasteiger partial charge on any atom is -0.483 e. The third-order valence-corrected chi connectivity index (χ3v) is 6.36. The summed E-state index contributed by atoms with van der Waals surface area (Å²) in [6.45, 7) is 8.43. The fraction of sp³-hybridized carbons (Fsp3) is 0.500. The molecule has 2 aromatic carbocycles. The second kappa shape index (κ2) is 11.4. The minimum absolute atomic E-state index is 0.0960. The molecule has 1 fully saturated rings. The summed E-state index contributed by atoms with van der Waals surface area (Å²) < 4.78 is 6.00. The zero-order chi connectivity index (χ0) is 23.8. The quantitative estimate of drug-likeness (QED) is 0.599. The maximum Gasteiger partial charge on any atom is 0.261 e. The molecule has 0 unspecified atom stereocenters. The van der Waals surface area contributed by atoms with E-state index in [1.54, 1.807) is 4.90 Å². The van der Waals surface area contributed by atoms with Crippen LogP contribution in [0.2, 0.25) is 0 Å². The summed E-state index contributed by atoms with van der Waals surface area (Å²) in [5.41, 5.74) is 1.94. The molecular formula is C28H38N2O3. The molecule has 1 N–H and O–H groups in total. The molecular weight excluding hydrogens is 412 g/mol. The van der Waals surface area contributed by atoms with Crippen LogP contribution in [0.1, 0.15) is 70.9 Å². The molecule has 1 aliphatic carbocycles. The largest absolute Gasteiger partial charge is 0.483 e. The molecule has 0 bridgehead atoms. The molecule has 1 aliphatic rings. The number of amides is 2. The molecule has 33 heavy (non-hydrogen) atoms. The Kier molecular flexibility index (Phi) is 8.54. The summed E-state index contributed by atoms with van der Waals surface area (Å²) in [5.74, 6) is 0.410. The number of nitrogens with zero attached hydrogens (tertiary/aromatic N) is 1. The van der Waals surface area contributed by atoms with E-state index in [9.17, 15) is 9.59 Å². The van der Waals surface area contributed by atoms with Gasteiger partial charge in [0.2, 0.25) is 5.91 Å². The van der Waals surface area contributed by atoms with Crippen molar-refractivity contribution in [2.45, 2.75) is 83.8 Å². The van der Waals surface area contributed by atoms with Gasteiger partial charge in [-0.2, -0.15) is 0 Å². The van der Waals surface area contributed by atoms with Crippen LogP contribution in [0.25, 0.3) is 0 Å². The van der Waals surface area contributed by atoms with Gasteiger partial charge in [0.25, 0.3) is 5.91 Å². The Hall–Kier alpha value is -2.82. The molecule has 178 valence electrons. The molecule has 0 saturated heterocycles. The van der Waals surface area contributed by atoms with Crippen LogP contribution in [0.3, 0.4) is 0 Å². The lowest BCUT2D eigenvalue weighted by atomic mass is 9.86. The van der Waals surface area contributed by atoms with Crippen LogP contribution >= 0.6 is 0 Å². The average molecular weight is 451 g/mol.